The molecule has 0 fully saturated rings. The van der Waals surface area contributed by atoms with Gasteiger partial charge in [-0.2, -0.15) is 0 Å². The van der Waals surface area contributed by atoms with Gasteiger partial charge in [-0.15, -0.1) is 0 Å². The minimum Gasteiger partial charge on any atom is -0.422 e. The molecule has 2 nitrogen and oxygen atoms in total. The Morgan fingerprint density at radius 3 is 2.27 bits per heavy atom. The first-order chi connectivity index (χ1) is 12.6. The van der Waals surface area contributed by atoms with Crippen LogP contribution in [0.4, 0.5) is 0 Å². The Hall–Kier alpha value is -2.55. The van der Waals surface area contributed by atoms with Crippen molar-refractivity contribution in [2.24, 2.45) is 0 Å². The molecule has 0 unspecified atom stereocenters. The summed E-state index contributed by atoms with van der Waals surface area (Å²) >= 11 is 12.3. The fourth-order valence-corrected chi connectivity index (χ4v) is 3.82. The van der Waals surface area contributed by atoms with Crippen LogP contribution in [0.15, 0.2) is 66.7 Å². The molecule has 4 aromatic rings. The summed E-state index contributed by atoms with van der Waals surface area (Å²) in [6.45, 7) is 2.03. The van der Waals surface area contributed by atoms with Gasteiger partial charge in [0, 0.05) is 5.39 Å². The zero-order valence-corrected chi connectivity index (χ0v) is 15.4. The van der Waals surface area contributed by atoms with Gasteiger partial charge in [0.05, 0.1) is 15.6 Å². The van der Waals surface area contributed by atoms with Gasteiger partial charge in [0.25, 0.3) is 0 Å². The average Bonchev–Trinajstić information content (AvgIpc) is 2.62. The number of hydrogen-bond donors (Lipinski definition) is 0. The molecule has 0 bridgehead atoms. The predicted octanol–water partition coefficient (Wildman–Crippen LogP) is 6.83. The second-order valence-corrected chi connectivity index (χ2v) is 6.88. The number of esters is 1. The van der Waals surface area contributed by atoms with Crippen LogP contribution in [0.3, 0.4) is 0 Å². The van der Waals surface area contributed by atoms with Crippen molar-refractivity contribution in [2.75, 3.05) is 0 Å². The van der Waals surface area contributed by atoms with Gasteiger partial charge in [0.2, 0.25) is 0 Å². The quantitative estimate of drug-likeness (QED) is 0.216. The molecule has 0 aliphatic heterocycles. The van der Waals surface area contributed by atoms with Crippen molar-refractivity contribution in [3.63, 3.8) is 0 Å². The monoisotopic (exact) mass is 380 g/mol. The molecule has 0 atom stereocenters. The Bertz CT molecular complexity index is 1150. The smallest absolute Gasteiger partial charge is 0.346 e. The third kappa shape index (κ3) is 2.82. The first-order valence-corrected chi connectivity index (χ1v) is 8.89. The van der Waals surface area contributed by atoms with Gasteiger partial charge in [-0.25, -0.2) is 4.79 Å². The van der Waals surface area contributed by atoms with E-state index in [4.69, 9.17) is 27.9 Å². The van der Waals surface area contributed by atoms with E-state index in [2.05, 4.69) is 18.2 Å². The first kappa shape index (κ1) is 16.9. The SMILES string of the molecule is Cc1c2ccccc2cc2cccc(OC(=O)c3c(Cl)cccc3Cl)c12. The van der Waals surface area contributed by atoms with Crippen molar-refractivity contribution in [3.05, 3.63) is 87.9 Å². The van der Waals surface area contributed by atoms with Gasteiger partial charge in [0.1, 0.15) is 5.75 Å². The molecule has 26 heavy (non-hydrogen) atoms. The summed E-state index contributed by atoms with van der Waals surface area (Å²) in [5.41, 5.74) is 1.23. The standard InChI is InChI=1S/C22H14Cl2O2/c1-13-16-8-3-2-6-14(16)12-15-7-4-11-19(20(13)15)26-22(25)21-17(23)9-5-10-18(21)24/h2-12H,1H3. The van der Waals surface area contributed by atoms with Crippen LogP contribution in [0.2, 0.25) is 10.0 Å². The molecule has 0 spiro atoms. The highest BCUT2D eigenvalue weighted by Crippen LogP contribution is 2.35. The lowest BCUT2D eigenvalue weighted by Gasteiger charge is -2.13. The Morgan fingerprint density at radius 2 is 1.50 bits per heavy atom. The van der Waals surface area contributed by atoms with E-state index >= 15 is 0 Å². The molecule has 0 heterocycles. The third-order valence-corrected chi connectivity index (χ3v) is 5.11. The lowest BCUT2D eigenvalue weighted by molar-refractivity contribution is 0.0737. The molecule has 0 saturated heterocycles. The van der Waals surface area contributed by atoms with Crippen molar-refractivity contribution < 1.29 is 9.53 Å². The second kappa shape index (κ2) is 6.64. The van der Waals surface area contributed by atoms with E-state index in [0.29, 0.717) is 5.75 Å². The number of ether oxygens (including phenoxy) is 1. The van der Waals surface area contributed by atoms with Gasteiger partial charge in [0.15, 0.2) is 0 Å². The number of carbonyl (C=O) groups is 1. The Morgan fingerprint density at radius 1 is 0.846 bits per heavy atom. The lowest BCUT2D eigenvalue weighted by Crippen LogP contribution is -2.10. The minimum atomic E-state index is -0.569. The fraction of sp³-hybridized carbons (Fsp3) is 0.0455. The molecule has 0 amide bonds. The van der Waals surface area contributed by atoms with Crippen LogP contribution in [0, 0.1) is 6.92 Å². The van der Waals surface area contributed by atoms with E-state index in [9.17, 15) is 4.79 Å². The Balaban J connectivity index is 1.87. The number of rotatable bonds is 2. The van der Waals surface area contributed by atoms with E-state index in [0.717, 1.165) is 27.1 Å². The molecule has 4 rings (SSSR count). The van der Waals surface area contributed by atoms with Crippen LogP contribution in [-0.2, 0) is 0 Å². The van der Waals surface area contributed by atoms with Crippen LogP contribution in [-0.4, -0.2) is 5.97 Å². The van der Waals surface area contributed by atoms with Crippen LogP contribution in [0.1, 0.15) is 15.9 Å². The Labute approximate surface area is 160 Å². The summed E-state index contributed by atoms with van der Waals surface area (Å²) in [5.74, 6) is -0.0765. The predicted molar refractivity (Wildman–Crippen MR) is 108 cm³/mol. The van der Waals surface area contributed by atoms with Crippen molar-refractivity contribution >= 4 is 50.7 Å². The largest absolute Gasteiger partial charge is 0.422 e. The first-order valence-electron chi connectivity index (χ1n) is 8.13. The lowest BCUT2D eigenvalue weighted by atomic mass is 9.97. The molecule has 0 aromatic heterocycles. The van der Waals surface area contributed by atoms with Gasteiger partial charge in [-0.3, -0.25) is 0 Å². The third-order valence-electron chi connectivity index (χ3n) is 4.48. The van der Waals surface area contributed by atoms with E-state index in [1.54, 1.807) is 24.3 Å². The average molecular weight is 381 g/mol. The number of carbonyl (C=O) groups excluding carboxylic acids is 1. The van der Waals surface area contributed by atoms with E-state index in [1.165, 1.54) is 0 Å². The molecular weight excluding hydrogens is 367 g/mol. The van der Waals surface area contributed by atoms with Gasteiger partial charge in [-0.1, -0.05) is 65.7 Å². The normalized spacial score (nSPS) is 11.0. The number of hydrogen-bond acceptors (Lipinski definition) is 2. The minimum absolute atomic E-state index is 0.172. The van der Waals surface area contributed by atoms with Gasteiger partial charge < -0.3 is 4.74 Å². The molecule has 0 radical (unpaired) electrons. The van der Waals surface area contributed by atoms with Crippen molar-refractivity contribution in [1.82, 2.24) is 0 Å². The highest BCUT2D eigenvalue weighted by molar-refractivity contribution is 6.39. The van der Waals surface area contributed by atoms with Crippen LogP contribution in [0.5, 0.6) is 5.75 Å². The molecule has 4 heteroatoms. The van der Waals surface area contributed by atoms with Gasteiger partial charge in [-0.05, 0) is 52.9 Å². The molecule has 0 aliphatic rings. The zero-order chi connectivity index (χ0) is 18.3. The summed E-state index contributed by atoms with van der Waals surface area (Å²) in [5, 5.41) is 4.73. The second-order valence-electron chi connectivity index (χ2n) is 6.06. The number of benzene rings is 4. The molecule has 0 saturated carbocycles. The van der Waals surface area contributed by atoms with E-state index in [1.807, 2.05) is 31.2 Å². The molecule has 0 N–H and O–H groups in total. The van der Waals surface area contributed by atoms with E-state index < -0.39 is 5.97 Å². The molecular formula is C22H14Cl2O2. The van der Waals surface area contributed by atoms with Crippen molar-refractivity contribution in [2.45, 2.75) is 6.92 Å². The highest BCUT2D eigenvalue weighted by atomic mass is 35.5. The topological polar surface area (TPSA) is 26.3 Å². The van der Waals surface area contributed by atoms with Crippen LogP contribution < -0.4 is 4.74 Å². The summed E-state index contributed by atoms with van der Waals surface area (Å²) in [6.07, 6.45) is 0. The Kier molecular flexibility index (Phi) is 4.31. The molecule has 128 valence electrons. The molecule has 0 aliphatic carbocycles. The number of fused-ring (bicyclic) bond motifs is 2. The van der Waals surface area contributed by atoms with Gasteiger partial charge >= 0.3 is 5.97 Å². The van der Waals surface area contributed by atoms with Crippen molar-refractivity contribution in [1.29, 1.82) is 0 Å². The number of halogens is 2. The van der Waals surface area contributed by atoms with Crippen LogP contribution >= 0.6 is 23.2 Å². The summed E-state index contributed by atoms with van der Waals surface area (Å²) in [4.78, 5) is 12.7. The summed E-state index contributed by atoms with van der Waals surface area (Å²) in [6, 6.07) is 20.8. The zero-order valence-electron chi connectivity index (χ0n) is 13.9. The fourth-order valence-electron chi connectivity index (χ4n) is 3.27. The maximum atomic E-state index is 12.7. The maximum Gasteiger partial charge on any atom is 0.346 e. The summed E-state index contributed by atoms with van der Waals surface area (Å²) < 4.78 is 5.70. The van der Waals surface area contributed by atoms with Crippen molar-refractivity contribution in [3.8, 4) is 5.75 Å². The maximum absolute atomic E-state index is 12.7. The van der Waals surface area contributed by atoms with Crippen LogP contribution in [0.25, 0.3) is 21.5 Å². The number of aryl methyl sites for hydroxylation is 1. The highest BCUT2D eigenvalue weighted by Gasteiger charge is 2.18. The van der Waals surface area contributed by atoms with E-state index in [-0.39, 0.29) is 15.6 Å². The summed E-state index contributed by atoms with van der Waals surface area (Å²) in [7, 11) is 0. The molecule has 4 aromatic carbocycles.